The minimum atomic E-state index is 0. The van der Waals surface area contributed by atoms with Gasteiger partial charge in [0.25, 0.3) is 0 Å². The number of nitrogens with one attached hydrogen (secondary N) is 2. The molecule has 3 rings (SSSR count). The topological polar surface area (TPSA) is 52.1 Å². The van der Waals surface area contributed by atoms with Crippen LogP contribution in [0.5, 0.6) is 0 Å². The van der Waals surface area contributed by atoms with Crippen LogP contribution in [0.15, 0.2) is 4.99 Å². The van der Waals surface area contributed by atoms with Crippen molar-refractivity contribution in [2.45, 2.75) is 70.5 Å². The van der Waals surface area contributed by atoms with Crippen molar-refractivity contribution in [2.24, 2.45) is 10.9 Å². The van der Waals surface area contributed by atoms with Gasteiger partial charge in [-0.2, -0.15) is 0 Å². The lowest BCUT2D eigenvalue weighted by Gasteiger charge is -2.36. The first-order valence-corrected chi connectivity index (χ1v) is 11.2. The predicted molar refractivity (Wildman–Crippen MR) is 128 cm³/mol. The summed E-state index contributed by atoms with van der Waals surface area (Å²) < 4.78 is 5.54. The summed E-state index contributed by atoms with van der Waals surface area (Å²) in [5, 5.41) is 7.31. The Morgan fingerprint density at radius 1 is 1.11 bits per heavy atom. The standard InChI is InChI=1S/C21H41N5O.HI/c1-17(2)14-20(25-10-12-27-13-11-25)15-23-21(22-3)24-18-8-9-26(16-18)19-6-4-5-7-19;/h17-20H,4-16H2,1-3H3,(H2,22,23,24);1H. The van der Waals surface area contributed by atoms with Gasteiger partial charge in [0.1, 0.15) is 0 Å². The van der Waals surface area contributed by atoms with Crippen molar-refractivity contribution in [1.82, 2.24) is 20.4 Å². The number of morpholine rings is 1. The van der Waals surface area contributed by atoms with Crippen molar-refractivity contribution in [3.8, 4) is 0 Å². The van der Waals surface area contributed by atoms with E-state index in [1.54, 1.807) is 0 Å². The summed E-state index contributed by atoms with van der Waals surface area (Å²) in [5.74, 6) is 1.67. The summed E-state index contributed by atoms with van der Waals surface area (Å²) in [6.07, 6.45) is 8.08. The van der Waals surface area contributed by atoms with E-state index in [1.165, 1.54) is 51.6 Å². The quantitative estimate of drug-likeness (QED) is 0.315. The van der Waals surface area contributed by atoms with Gasteiger partial charge in [-0.1, -0.05) is 26.7 Å². The van der Waals surface area contributed by atoms with Gasteiger partial charge in [0.15, 0.2) is 5.96 Å². The van der Waals surface area contributed by atoms with Crippen LogP contribution in [0.3, 0.4) is 0 Å². The Morgan fingerprint density at radius 3 is 2.46 bits per heavy atom. The fourth-order valence-corrected chi connectivity index (χ4v) is 4.96. The Morgan fingerprint density at radius 2 is 1.82 bits per heavy atom. The molecule has 0 aromatic rings. The van der Waals surface area contributed by atoms with E-state index in [2.05, 4.69) is 39.3 Å². The summed E-state index contributed by atoms with van der Waals surface area (Å²) in [5.41, 5.74) is 0. The molecule has 2 atom stereocenters. The van der Waals surface area contributed by atoms with E-state index in [-0.39, 0.29) is 24.0 Å². The highest BCUT2D eigenvalue weighted by atomic mass is 127. The summed E-state index contributed by atoms with van der Waals surface area (Å²) in [7, 11) is 1.89. The Kier molecular flexibility index (Phi) is 10.8. The summed E-state index contributed by atoms with van der Waals surface area (Å²) in [6.45, 7) is 11.8. The maximum absolute atomic E-state index is 5.54. The number of ether oxygens (including phenoxy) is 1. The summed E-state index contributed by atoms with van der Waals surface area (Å²) in [6, 6.07) is 1.92. The van der Waals surface area contributed by atoms with Crippen LogP contribution in [0.1, 0.15) is 52.4 Å². The highest BCUT2D eigenvalue weighted by Crippen LogP contribution is 2.26. The zero-order valence-electron chi connectivity index (χ0n) is 18.2. The lowest BCUT2D eigenvalue weighted by molar-refractivity contribution is 0.0132. The van der Waals surface area contributed by atoms with Crippen molar-refractivity contribution >= 4 is 29.9 Å². The smallest absolute Gasteiger partial charge is 0.191 e. The minimum absolute atomic E-state index is 0. The number of hydrogen-bond donors (Lipinski definition) is 2. The van der Waals surface area contributed by atoms with Gasteiger partial charge in [-0.3, -0.25) is 14.8 Å². The van der Waals surface area contributed by atoms with Crippen molar-refractivity contribution < 1.29 is 4.74 Å². The van der Waals surface area contributed by atoms with Crippen LogP contribution in [0.4, 0.5) is 0 Å². The first-order chi connectivity index (χ1) is 13.2. The van der Waals surface area contributed by atoms with Crippen molar-refractivity contribution in [3.63, 3.8) is 0 Å². The molecular formula is C21H42IN5O. The maximum Gasteiger partial charge on any atom is 0.191 e. The number of hydrogen-bond acceptors (Lipinski definition) is 4. The molecule has 3 fully saturated rings. The lowest BCUT2D eigenvalue weighted by Crippen LogP contribution is -2.52. The molecule has 2 heterocycles. The first kappa shape index (κ1) is 24.2. The Balaban J connectivity index is 0.00000280. The van der Waals surface area contributed by atoms with Crippen LogP contribution in [-0.4, -0.2) is 86.9 Å². The normalized spacial score (nSPS) is 26.4. The number of nitrogens with zero attached hydrogens (tertiary/aromatic N) is 3. The molecule has 2 unspecified atom stereocenters. The molecule has 1 aliphatic carbocycles. The van der Waals surface area contributed by atoms with E-state index >= 15 is 0 Å². The van der Waals surface area contributed by atoms with E-state index in [1.807, 2.05) is 7.05 Å². The van der Waals surface area contributed by atoms with Gasteiger partial charge in [-0.05, 0) is 31.6 Å². The molecule has 1 saturated carbocycles. The SMILES string of the molecule is CN=C(NCC(CC(C)C)N1CCOCC1)NC1CCN(C2CCCC2)C1.I. The van der Waals surface area contributed by atoms with E-state index in [0.717, 1.165) is 44.8 Å². The second-order valence-electron chi connectivity index (χ2n) is 8.95. The Hall–Kier alpha value is -0.120. The molecule has 0 amide bonds. The third-order valence-electron chi connectivity index (χ3n) is 6.44. The molecule has 2 saturated heterocycles. The highest BCUT2D eigenvalue weighted by Gasteiger charge is 2.30. The molecule has 164 valence electrons. The van der Waals surface area contributed by atoms with Gasteiger partial charge in [-0.15, -0.1) is 24.0 Å². The molecular weight excluding hydrogens is 465 g/mol. The third kappa shape index (κ3) is 7.29. The number of halogens is 1. The number of guanidine groups is 1. The van der Waals surface area contributed by atoms with Gasteiger partial charge in [0, 0.05) is 57.9 Å². The second-order valence-corrected chi connectivity index (χ2v) is 8.95. The minimum Gasteiger partial charge on any atom is -0.379 e. The van der Waals surface area contributed by atoms with E-state index in [9.17, 15) is 0 Å². The molecule has 3 aliphatic rings. The molecule has 0 spiro atoms. The van der Waals surface area contributed by atoms with E-state index in [4.69, 9.17) is 4.74 Å². The first-order valence-electron chi connectivity index (χ1n) is 11.2. The fourth-order valence-electron chi connectivity index (χ4n) is 4.96. The van der Waals surface area contributed by atoms with Gasteiger partial charge < -0.3 is 15.4 Å². The van der Waals surface area contributed by atoms with Crippen LogP contribution in [0, 0.1) is 5.92 Å². The average Bonchev–Trinajstić information content (AvgIpc) is 3.36. The second kappa shape index (κ2) is 12.5. The summed E-state index contributed by atoms with van der Waals surface area (Å²) >= 11 is 0. The molecule has 0 aromatic carbocycles. The lowest BCUT2D eigenvalue weighted by atomic mass is 10.0. The molecule has 0 radical (unpaired) electrons. The van der Waals surface area contributed by atoms with Crippen LogP contribution in [0.25, 0.3) is 0 Å². The van der Waals surface area contributed by atoms with Crippen molar-refractivity contribution in [2.75, 3.05) is 53.0 Å². The summed E-state index contributed by atoms with van der Waals surface area (Å²) in [4.78, 5) is 9.79. The molecule has 6 nitrogen and oxygen atoms in total. The Labute approximate surface area is 189 Å². The van der Waals surface area contributed by atoms with Gasteiger partial charge in [-0.25, -0.2) is 0 Å². The molecule has 2 aliphatic heterocycles. The highest BCUT2D eigenvalue weighted by molar-refractivity contribution is 14.0. The van der Waals surface area contributed by atoms with E-state index in [0.29, 0.717) is 18.0 Å². The largest absolute Gasteiger partial charge is 0.379 e. The van der Waals surface area contributed by atoms with Crippen LogP contribution in [0.2, 0.25) is 0 Å². The molecule has 2 N–H and O–H groups in total. The molecule has 0 aromatic heterocycles. The van der Waals surface area contributed by atoms with Crippen LogP contribution >= 0.6 is 24.0 Å². The van der Waals surface area contributed by atoms with Crippen molar-refractivity contribution in [1.29, 1.82) is 0 Å². The van der Waals surface area contributed by atoms with E-state index < -0.39 is 0 Å². The zero-order valence-corrected chi connectivity index (χ0v) is 20.5. The van der Waals surface area contributed by atoms with Crippen LogP contribution in [-0.2, 0) is 4.74 Å². The molecule has 0 bridgehead atoms. The fraction of sp³-hybridized carbons (Fsp3) is 0.952. The number of rotatable bonds is 7. The van der Waals surface area contributed by atoms with Gasteiger partial charge in [0.2, 0.25) is 0 Å². The van der Waals surface area contributed by atoms with Gasteiger partial charge >= 0.3 is 0 Å². The predicted octanol–water partition coefficient (Wildman–Crippen LogP) is 2.53. The zero-order chi connectivity index (χ0) is 19.1. The monoisotopic (exact) mass is 507 g/mol. The molecule has 7 heteroatoms. The van der Waals surface area contributed by atoms with Gasteiger partial charge in [0.05, 0.1) is 13.2 Å². The van der Waals surface area contributed by atoms with Crippen LogP contribution < -0.4 is 10.6 Å². The number of likely N-dealkylation sites (tertiary alicyclic amines) is 1. The Bertz CT molecular complexity index is 464. The third-order valence-corrected chi connectivity index (χ3v) is 6.44. The van der Waals surface area contributed by atoms with Crippen molar-refractivity contribution in [3.05, 3.63) is 0 Å². The number of aliphatic imine (C=N–C) groups is 1. The molecule has 28 heavy (non-hydrogen) atoms. The average molecular weight is 508 g/mol. The maximum atomic E-state index is 5.54.